The second-order valence-corrected chi connectivity index (χ2v) is 18.0. The maximum absolute atomic E-state index is 14.6. The first-order valence-corrected chi connectivity index (χ1v) is 21.8. The summed E-state index contributed by atoms with van der Waals surface area (Å²) in [6.07, 6.45) is -3.81. The van der Waals surface area contributed by atoms with Gasteiger partial charge < -0.3 is 38.5 Å². The summed E-state index contributed by atoms with van der Waals surface area (Å²) in [5, 5.41) is 0. The van der Waals surface area contributed by atoms with Crippen LogP contribution in [0, 0.1) is 23.7 Å². The fourth-order valence-electron chi connectivity index (χ4n) is 7.30. The van der Waals surface area contributed by atoms with E-state index < -0.39 is 96.6 Å². The van der Waals surface area contributed by atoms with Crippen molar-refractivity contribution in [3.8, 4) is 0 Å². The van der Waals surface area contributed by atoms with Crippen molar-refractivity contribution in [2.45, 2.75) is 151 Å². The third-order valence-corrected chi connectivity index (χ3v) is 10.8. The molecule has 1 saturated heterocycles. The van der Waals surface area contributed by atoms with Crippen LogP contribution in [0.2, 0.25) is 0 Å². The van der Waals surface area contributed by atoms with Crippen LogP contribution >= 0.6 is 0 Å². The molecule has 7 atom stereocenters. The summed E-state index contributed by atoms with van der Waals surface area (Å²) >= 11 is 0. The molecule has 1 aromatic rings. The fourth-order valence-corrected chi connectivity index (χ4v) is 7.30. The molecule has 1 aliphatic rings. The Morgan fingerprint density at radius 2 is 0.935 bits per heavy atom. The third-order valence-electron chi connectivity index (χ3n) is 10.8. The molecule has 1 aliphatic heterocycles. The fraction of sp³-hybridized carbons (Fsp3) is 0.696. The molecule has 62 heavy (non-hydrogen) atoms. The predicted molar refractivity (Wildman–Crippen MR) is 231 cm³/mol. The maximum Gasteiger partial charge on any atom is 0.329 e. The Morgan fingerprint density at radius 3 is 1.40 bits per heavy atom. The van der Waals surface area contributed by atoms with Gasteiger partial charge in [-0.05, 0) is 75.7 Å². The molecule has 0 N–H and O–H groups in total. The van der Waals surface area contributed by atoms with Gasteiger partial charge in [-0.1, -0.05) is 85.7 Å². The first-order valence-electron chi connectivity index (χ1n) is 21.8. The Morgan fingerprint density at radius 1 is 0.532 bits per heavy atom. The number of esters is 4. The molecule has 0 aliphatic carbocycles. The van der Waals surface area contributed by atoms with Gasteiger partial charge in [0.15, 0.2) is 24.9 Å². The zero-order valence-electron chi connectivity index (χ0n) is 39.4. The Hall–Kier alpha value is -5.02. The van der Waals surface area contributed by atoms with Crippen LogP contribution in [0.1, 0.15) is 107 Å². The number of ether oxygens (including phenoxy) is 4. The van der Waals surface area contributed by atoms with E-state index >= 15 is 0 Å². The number of rotatable bonds is 11. The SMILES string of the molecule is CCN1C(=O)[C@@H](C)OC(=O)[C@H](CC(C)C)N(C)C(=O)COC(=O)[C@H](CC(C)C)N(C)C(=O)[C@@H](C)OC(=O)[C@H](CC(C)C)N(C)C(=O)[C@@H](Cc2ccccc2)OC(=O)[C@@H]1CC(C)C. The van der Waals surface area contributed by atoms with Gasteiger partial charge in [-0.15, -0.1) is 0 Å². The minimum atomic E-state index is -1.46. The monoisotopic (exact) mass is 873 g/mol. The summed E-state index contributed by atoms with van der Waals surface area (Å²) in [6, 6.07) is 4.08. The number of amides is 4. The summed E-state index contributed by atoms with van der Waals surface area (Å²) in [4.78, 5) is 117. The molecular formula is C46H72N4O12. The average molecular weight is 873 g/mol. The molecule has 2 rings (SSSR count). The van der Waals surface area contributed by atoms with Crippen molar-refractivity contribution in [3.05, 3.63) is 35.9 Å². The van der Waals surface area contributed by atoms with E-state index in [1.807, 2.05) is 55.4 Å². The average Bonchev–Trinajstić information content (AvgIpc) is 3.20. The van der Waals surface area contributed by atoms with Gasteiger partial charge in [0.2, 0.25) is 0 Å². The topological polar surface area (TPSA) is 186 Å². The summed E-state index contributed by atoms with van der Waals surface area (Å²) in [5.74, 6) is -6.90. The molecule has 16 nitrogen and oxygen atoms in total. The maximum atomic E-state index is 14.6. The molecule has 0 spiro atoms. The van der Waals surface area contributed by atoms with Crippen molar-refractivity contribution in [1.29, 1.82) is 0 Å². The number of nitrogens with zero attached hydrogens (tertiary/aromatic N) is 4. The molecule has 0 aromatic heterocycles. The lowest BCUT2D eigenvalue weighted by Crippen LogP contribution is -2.54. The van der Waals surface area contributed by atoms with Gasteiger partial charge in [0.25, 0.3) is 23.6 Å². The second kappa shape index (κ2) is 24.6. The van der Waals surface area contributed by atoms with Crippen molar-refractivity contribution in [2.75, 3.05) is 34.3 Å². The van der Waals surface area contributed by atoms with E-state index in [4.69, 9.17) is 18.9 Å². The number of hydrogen-bond donors (Lipinski definition) is 0. The molecule has 1 heterocycles. The van der Waals surface area contributed by atoms with Gasteiger partial charge in [0.1, 0.15) is 24.2 Å². The van der Waals surface area contributed by atoms with E-state index in [0.717, 1.165) is 14.7 Å². The molecule has 4 amide bonds. The highest BCUT2D eigenvalue weighted by Crippen LogP contribution is 2.23. The molecular weight excluding hydrogens is 801 g/mol. The van der Waals surface area contributed by atoms with Crippen LogP contribution < -0.4 is 0 Å². The first kappa shape index (κ1) is 53.1. The normalized spacial score (nSPS) is 25.4. The largest absolute Gasteiger partial charge is 0.454 e. The van der Waals surface area contributed by atoms with E-state index in [-0.39, 0.29) is 62.3 Å². The summed E-state index contributed by atoms with van der Waals surface area (Å²) in [7, 11) is 4.13. The Bertz CT molecular complexity index is 1700. The highest BCUT2D eigenvalue weighted by atomic mass is 16.6. The molecule has 0 radical (unpaired) electrons. The van der Waals surface area contributed by atoms with Crippen molar-refractivity contribution >= 4 is 47.5 Å². The third kappa shape index (κ3) is 15.4. The highest BCUT2D eigenvalue weighted by molar-refractivity contribution is 5.94. The van der Waals surface area contributed by atoms with Crippen LogP contribution in [-0.2, 0) is 63.7 Å². The smallest absolute Gasteiger partial charge is 0.329 e. The molecule has 0 unspecified atom stereocenters. The number of hydrogen-bond acceptors (Lipinski definition) is 12. The van der Waals surface area contributed by atoms with E-state index in [2.05, 4.69) is 0 Å². The van der Waals surface area contributed by atoms with Gasteiger partial charge in [-0.25, -0.2) is 19.2 Å². The molecule has 1 fully saturated rings. The van der Waals surface area contributed by atoms with Gasteiger partial charge in [0, 0.05) is 34.1 Å². The van der Waals surface area contributed by atoms with Gasteiger partial charge >= 0.3 is 23.9 Å². The van der Waals surface area contributed by atoms with Crippen LogP contribution in [-0.4, -0.2) is 144 Å². The summed E-state index contributed by atoms with van der Waals surface area (Å²) < 4.78 is 23.0. The lowest BCUT2D eigenvalue weighted by atomic mass is 10.00. The van der Waals surface area contributed by atoms with Crippen LogP contribution in [0.25, 0.3) is 0 Å². The Kier molecular flexibility index (Phi) is 21.1. The van der Waals surface area contributed by atoms with Crippen molar-refractivity contribution < 1.29 is 57.3 Å². The minimum absolute atomic E-state index is 0.00971. The number of likely N-dealkylation sites (N-methyl/N-ethyl adjacent to an activating group) is 4. The quantitative estimate of drug-likeness (QED) is 0.225. The van der Waals surface area contributed by atoms with Crippen molar-refractivity contribution in [2.24, 2.45) is 23.7 Å². The molecule has 16 heteroatoms. The minimum Gasteiger partial charge on any atom is -0.454 e. The standard InChI is InChI=1S/C46H72N4O12/c1-15-50-37(24-30(8)9)46(58)62-38(25-33-19-17-16-18-20-33)42(54)49(14)36(23-29(6)7)45(57)60-31(10)40(52)48(13)34(21-27(2)3)43(55)59-26-39(51)47(12)35(22-28(4)5)44(56)61-32(11)41(50)53/h16-20,27-32,34-38H,15,21-26H2,1-14H3/t31-,32-,34+,35+,36+,37+,38-/m1/s1. The summed E-state index contributed by atoms with van der Waals surface area (Å²) in [5.41, 5.74) is 0.656. The van der Waals surface area contributed by atoms with Crippen LogP contribution in [0.5, 0.6) is 0 Å². The molecule has 0 bridgehead atoms. The van der Waals surface area contributed by atoms with Crippen molar-refractivity contribution in [1.82, 2.24) is 19.6 Å². The van der Waals surface area contributed by atoms with E-state index in [1.54, 1.807) is 37.3 Å². The van der Waals surface area contributed by atoms with E-state index in [1.165, 1.54) is 39.9 Å². The van der Waals surface area contributed by atoms with Gasteiger partial charge in [-0.2, -0.15) is 0 Å². The van der Waals surface area contributed by atoms with Crippen LogP contribution in [0.15, 0.2) is 30.3 Å². The number of benzene rings is 1. The zero-order chi connectivity index (χ0) is 47.2. The summed E-state index contributed by atoms with van der Waals surface area (Å²) in [6.45, 7) is 18.4. The van der Waals surface area contributed by atoms with E-state index in [9.17, 15) is 38.4 Å². The highest BCUT2D eigenvalue weighted by Gasteiger charge is 2.42. The lowest BCUT2D eigenvalue weighted by Gasteiger charge is -2.35. The number of cyclic esters (lactones) is 4. The predicted octanol–water partition coefficient (Wildman–Crippen LogP) is 4.44. The second-order valence-electron chi connectivity index (χ2n) is 18.0. The number of carbonyl (C=O) groups is 8. The molecule has 0 saturated carbocycles. The zero-order valence-corrected chi connectivity index (χ0v) is 39.4. The molecule has 1 aromatic carbocycles. The van der Waals surface area contributed by atoms with Gasteiger partial charge in [-0.3, -0.25) is 19.2 Å². The Balaban J connectivity index is 2.79. The van der Waals surface area contributed by atoms with Crippen LogP contribution in [0.4, 0.5) is 0 Å². The lowest BCUT2D eigenvalue weighted by molar-refractivity contribution is -0.175. The van der Waals surface area contributed by atoms with Gasteiger partial charge in [0.05, 0.1) is 0 Å². The van der Waals surface area contributed by atoms with Crippen LogP contribution in [0.3, 0.4) is 0 Å². The van der Waals surface area contributed by atoms with E-state index in [0.29, 0.717) is 5.56 Å². The Labute approximate surface area is 368 Å². The first-order chi connectivity index (χ1) is 28.9. The van der Waals surface area contributed by atoms with Crippen molar-refractivity contribution in [3.63, 3.8) is 0 Å². The molecule has 348 valence electrons. The number of carbonyl (C=O) groups excluding carboxylic acids is 8.